The molecule has 0 spiro atoms. The van der Waals surface area contributed by atoms with Crippen molar-refractivity contribution in [2.45, 2.75) is 98.4 Å². The highest BCUT2D eigenvalue weighted by atomic mass is 29.3. The summed E-state index contributed by atoms with van der Waals surface area (Å²) in [6.45, 7) is 19.2. The summed E-state index contributed by atoms with van der Waals surface area (Å²) < 4.78 is 0. The highest BCUT2D eigenvalue weighted by Gasteiger charge is 2.52. The van der Waals surface area contributed by atoms with Crippen molar-refractivity contribution >= 4 is 15.3 Å². The summed E-state index contributed by atoms with van der Waals surface area (Å²) in [5.74, 6) is 0. The fourth-order valence-electron chi connectivity index (χ4n) is 4.02. The van der Waals surface area contributed by atoms with Gasteiger partial charge in [-0.2, -0.15) is 0 Å². The molecule has 0 saturated carbocycles. The van der Waals surface area contributed by atoms with Crippen LogP contribution in [0.25, 0.3) is 0 Å². The fourth-order valence-corrected chi connectivity index (χ4v) is 24.4. The predicted molar refractivity (Wildman–Crippen MR) is 100 cm³/mol. The van der Waals surface area contributed by atoms with Gasteiger partial charge in [-0.15, -0.1) is 0 Å². The SMILES string of the molecule is C/C=C(\C)[Si](CCC)(NC(C)CC)[Si](CC)(CC)CC. The van der Waals surface area contributed by atoms with Crippen molar-refractivity contribution in [3.8, 4) is 0 Å². The normalized spacial score (nSPS) is 17.9. The Morgan fingerprint density at radius 1 is 1.05 bits per heavy atom. The average Bonchev–Trinajstić information content (AvgIpc) is 2.48. The van der Waals surface area contributed by atoms with Gasteiger partial charge in [-0.1, -0.05) is 77.4 Å². The summed E-state index contributed by atoms with van der Waals surface area (Å²) in [6.07, 6.45) is 5.01. The Morgan fingerprint density at radius 2 is 1.55 bits per heavy atom. The quantitative estimate of drug-likeness (QED) is 0.501. The van der Waals surface area contributed by atoms with Gasteiger partial charge in [0, 0.05) is 0 Å². The van der Waals surface area contributed by atoms with Gasteiger partial charge in [-0.3, -0.25) is 0 Å². The summed E-state index contributed by atoms with van der Waals surface area (Å²) in [5.41, 5.74) is 0. The van der Waals surface area contributed by atoms with Crippen molar-refractivity contribution in [2.75, 3.05) is 0 Å². The maximum absolute atomic E-state index is 4.26. The second-order valence-electron chi connectivity index (χ2n) is 6.42. The second kappa shape index (κ2) is 9.21. The van der Waals surface area contributed by atoms with Gasteiger partial charge < -0.3 is 4.98 Å². The molecule has 0 aromatic carbocycles. The summed E-state index contributed by atoms with van der Waals surface area (Å²) in [4.78, 5) is 4.26. The minimum Gasteiger partial charge on any atom is -0.333 e. The average molecular weight is 314 g/mol. The van der Waals surface area contributed by atoms with Crippen molar-refractivity contribution in [3.63, 3.8) is 0 Å². The smallest absolute Gasteiger partial charge is 0.142 e. The monoisotopic (exact) mass is 313 g/mol. The predicted octanol–water partition coefficient (Wildman–Crippen LogP) is 5.82. The van der Waals surface area contributed by atoms with Crippen molar-refractivity contribution in [3.05, 3.63) is 11.3 Å². The van der Waals surface area contributed by atoms with Crippen LogP contribution in [-0.4, -0.2) is 21.4 Å². The van der Waals surface area contributed by atoms with E-state index >= 15 is 0 Å². The summed E-state index contributed by atoms with van der Waals surface area (Å²) in [6, 6.07) is 6.44. The van der Waals surface area contributed by atoms with Crippen LogP contribution in [0, 0.1) is 0 Å². The van der Waals surface area contributed by atoms with E-state index in [2.05, 4.69) is 66.4 Å². The third-order valence-corrected chi connectivity index (χ3v) is 26.5. The van der Waals surface area contributed by atoms with E-state index in [1.54, 1.807) is 5.20 Å². The molecule has 0 aliphatic rings. The van der Waals surface area contributed by atoms with Gasteiger partial charge in [-0.05, 0) is 32.4 Å². The molecule has 120 valence electrons. The highest BCUT2D eigenvalue weighted by molar-refractivity contribution is 7.44. The minimum absolute atomic E-state index is 0.666. The van der Waals surface area contributed by atoms with Crippen LogP contribution in [0.15, 0.2) is 11.3 Å². The van der Waals surface area contributed by atoms with Gasteiger partial charge in [0.2, 0.25) is 0 Å². The van der Waals surface area contributed by atoms with E-state index in [1.165, 1.54) is 37.0 Å². The number of nitrogens with one attached hydrogen (secondary N) is 1. The first-order valence-electron chi connectivity index (χ1n) is 8.84. The molecule has 20 heavy (non-hydrogen) atoms. The van der Waals surface area contributed by atoms with Crippen LogP contribution in [0.1, 0.15) is 68.2 Å². The molecule has 0 aliphatic carbocycles. The molecule has 0 aromatic heterocycles. The zero-order valence-electron chi connectivity index (χ0n) is 15.4. The Hall–Kier alpha value is 0.134. The molecule has 0 bridgehead atoms. The Kier molecular flexibility index (Phi) is 9.27. The van der Waals surface area contributed by atoms with E-state index in [0.717, 1.165) is 0 Å². The first kappa shape index (κ1) is 20.1. The third kappa shape index (κ3) is 3.86. The number of hydrogen-bond donors (Lipinski definition) is 1. The van der Waals surface area contributed by atoms with Crippen molar-refractivity contribution in [1.82, 2.24) is 4.98 Å². The van der Waals surface area contributed by atoms with Crippen LogP contribution in [0.3, 0.4) is 0 Å². The Bertz CT molecular complexity index is 289. The van der Waals surface area contributed by atoms with Crippen LogP contribution >= 0.6 is 0 Å². The topological polar surface area (TPSA) is 12.0 Å². The molecule has 0 saturated heterocycles. The molecule has 0 radical (unpaired) electrons. The van der Waals surface area contributed by atoms with Crippen LogP contribution < -0.4 is 4.98 Å². The summed E-state index contributed by atoms with van der Waals surface area (Å²) >= 11 is 0. The van der Waals surface area contributed by atoms with Crippen molar-refractivity contribution < 1.29 is 0 Å². The number of allylic oxidation sites excluding steroid dienone is 2. The van der Waals surface area contributed by atoms with E-state index in [9.17, 15) is 0 Å². The molecule has 2 atom stereocenters. The molecule has 1 N–H and O–H groups in total. The molecule has 0 aliphatic heterocycles. The third-order valence-electron chi connectivity index (χ3n) is 5.77. The van der Waals surface area contributed by atoms with E-state index in [0.29, 0.717) is 6.04 Å². The van der Waals surface area contributed by atoms with E-state index in [4.69, 9.17) is 0 Å². The van der Waals surface area contributed by atoms with Crippen LogP contribution in [0.4, 0.5) is 0 Å². The largest absolute Gasteiger partial charge is 0.333 e. The molecule has 0 heterocycles. The van der Waals surface area contributed by atoms with E-state index < -0.39 is 15.3 Å². The van der Waals surface area contributed by atoms with Gasteiger partial charge in [0.1, 0.15) is 7.75 Å². The number of rotatable bonds is 10. The lowest BCUT2D eigenvalue weighted by atomic mass is 10.3. The first-order chi connectivity index (χ1) is 9.43. The van der Waals surface area contributed by atoms with Gasteiger partial charge in [0.15, 0.2) is 0 Å². The van der Waals surface area contributed by atoms with Gasteiger partial charge in [0.05, 0.1) is 7.59 Å². The van der Waals surface area contributed by atoms with Gasteiger partial charge in [0.25, 0.3) is 0 Å². The summed E-state index contributed by atoms with van der Waals surface area (Å²) in [5, 5.41) is 1.73. The highest BCUT2D eigenvalue weighted by Crippen LogP contribution is 2.37. The second-order valence-corrected chi connectivity index (χ2v) is 20.2. The molecule has 0 rings (SSSR count). The lowest BCUT2D eigenvalue weighted by molar-refractivity contribution is 0.642. The minimum atomic E-state index is -1.51. The van der Waals surface area contributed by atoms with Crippen molar-refractivity contribution in [2.24, 2.45) is 0 Å². The molecule has 1 nitrogen and oxygen atoms in total. The van der Waals surface area contributed by atoms with E-state index in [1.807, 2.05) is 0 Å². The maximum Gasteiger partial charge on any atom is 0.142 e. The Labute approximate surface area is 130 Å². The van der Waals surface area contributed by atoms with E-state index in [-0.39, 0.29) is 0 Å². The molecular weight excluding hydrogens is 274 g/mol. The molecule has 0 amide bonds. The van der Waals surface area contributed by atoms with Gasteiger partial charge in [-0.25, -0.2) is 0 Å². The zero-order valence-corrected chi connectivity index (χ0v) is 17.4. The lowest BCUT2D eigenvalue weighted by Crippen LogP contribution is -2.73. The number of hydrogen-bond acceptors (Lipinski definition) is 1. The molecule has 0 aromatic rings. The standard InChI is InChI=1S/C17H39NSi2/c1-9-15-20(17(8)11-3,18-16(7)10-2)19(12-4,13-5)14-6/h11,16,18H,9-10,12-15H2,1-8H3/b17-11+. The maximum atomic E-state index is 4.26. The molecule has 3 heteroatoms. The fraction of sp³-hybridized carbons (Fsp3) is 0.882. The summed E-state index contributed by atoms with van der Waals surface area (Å²) in [7, 11) is -2.73. The lowest BCUT2D eigenvalue weighted by Gasteiger charge is -2.50. The van der Waals surface area contributed by atoms with Gasteiger partial charge >= 0.3 is 0 Å². The first-order valence-corrected chi connectivity index (χ1v) is 14.7. The van der Waals surface area contributed by atoms with Crippen molar-refractivity contribution in [1.29, 1.82) is 0 Å². The Balaban J connectivity index is 5.95. The molecular formula is C17H39NSi2. The van der Waals surface area contributed by atoms with Crippen LogP contribution in [0.2, 0.25) is 24.2 Å². The van der Waals surface area contributed by atoms with Crippen LogP contribution in [-0.2, 0) is 0 Å². The zero-order chi connectivity index (χ0) is 15.8. The van der Waals surface area contributed by atoms with Crippen LogP contribution in [0.5, 0.6) is 0 Å². The Morgan fingerprint density at radius 3 is 1.85 bits per heavy atom. The molecule has 2 unspecified atom stereocenters. The molecule has 0 fully saturated rings.